The van der Waals surface area contributed by atoms with Crippen LogP contribution in [0, 0.1) is 5.92 Å². The van der Waals surface area contributed by atoms with Gasteiger partial charge in [0.15, 0.2) is 6.04 Å². The van der Waals surface area contributed by atoms with E-state index in [4.69, 9.17) is 15.2 Å². The van der Waals surface area contributed by atoms with Crippen molar-refractivity contribution in [3.63, 3.8) is 0 Å². The van der Waals surface area contributed by atoms with Crippen molar-refractivity contribution in [2.75, 3.05) is 6.61 Å². The Morgan fingerprint density at radius 3 is 1.89 bits per heavy atom. The summed E-state index contributed by atoms with van der Waals surface area (Å²) in [5, 5.41) is 29.3. The Labute approximate surface area is 256 Å². The lowest BCUT2D eigenvalue weighted by Crippen LogP contribution is -2.60. The molecule has 0 aliphatic rings. The van der Waals surface area contributed by atoms with E-state index in [0.717, 1.165) is 0 Å². The van der Waals surface area contributed by atoms with E-state index < -0.39 is 84.6 Å². The first-order chi connectivity index (χ1) is 20.4. The molecule has 0 saturated carbocycles. The van der Waals surface area contributed by atoms with Crippen LogP contribution in [-0.2, 0) is 40.1 Å². The van der Waals surface area contributed by atoms with Crippen molar-refractivity contribution in [3.8, 4) is 0 Å². The molecule has 0 aliphatic heterocycles. The number of rotatable bonds is 16. The summed E-state index contributed by atoms with van der Waals surface area (Å²) in [6, 6.07) is 2.86. The molecule has 0 bridgehead atoms. The third kappa shape index (κ3) is 14.3. The second-order valence-electron chi connectivity index (χ2n) is 11.6. The van der Waals surface area contributed by atoms with Gasteiger partial charge in [-0.25, -0.2) is 9.59 Å². The lowest BCUT2D eigenvalue weighted by molar-refractivity contribution is -0.152. The van der Waals surface area contributed by atoms with Crippen LogP contribution in [0.1, 0.15) is 59.9 Å². The van der Waals surface area contributed by atoms with Crippen LogP contribution in [0.25, 0.3) is 0 Å². The van der Waals surface area contributed by atoms with Crippen LogP contribution in [0.3, 0.4) is 0 Å². The van der Waals surface area contributed by atoms with Crippen molar-refractivity contribution >= 4 is 35.7 Å². The number of ether oxygens (including phenoxy) is 2. The van der Waals surface area contributed by atoms with Gasteiger partial charge in [0, 0.05) is 0 Å². The van der Waals surface area contributed by atoms with Gasteiger partial charge < -0.3 is 46.7 Å². The highest BCUT2D eigenvalue weighted by Crippen LogP contribution is 2.10. The van der Waals surface area contributed by atoms with Gasteiger partial charge in [-0.2, -0.15) is 0 Å². The largest absolute Gasteiger partial charge is 0.459 e. The normalized spacial score (nSPS) is 14.7. The van der Waals surface area contributed by atoms with Gasteiger partial charge in [-0.15, -0.1) is 0 Å². The summed E-state index contributed by atoms with van der Waals surface area (Å²) < 4.78 is 10.3. The Bertz CT molecular complexity index is 1140. The summed E-state index contributed by atoms with van der Waals surface area (Å²) in [4.78, 5) is 75.6. The van der Waals surface area contributed by atoms with E-state index in [2.05, 4.69) is 21.3 Å². The number of carbonyl (C=O) groups excluding carboxylic acids is 6. The summed E-state index contributed by atoms with van der Waals surface area (Å²) in [7, 11) is 0. The molecule has 1 rings (SSSR count). The lowest BCUT2D eigenvalue weighted by Gasteiger charge is -2.27. The zero-order valence-electron chi connectivity index (χ0n) is 25.9. The van der Waals surface area contributed by atoms with Gasteiger partial charge in [0.25, 0.3) is 0 Å². The Hall–Kier alpha value is -4.24. The number of aliphatic hydroxyl groups is 2. The third-order valence-electron chi connectivity index (χ3n) is 5.83. The third-order valence-corrected chi connectivity index (χ3v) is 5.83. The van der Waals surface area contributed by atoms with Gasteiger partial charge in [0.2, 0.25) is 23.6 Å². The second-order valence-corrected chi connectivity index (χ2v) is 11.6. The van der Waals surface area contributed by atoms with Crippen molar-refractivity contribution in [1.82, 2.24) is 21.3 Å². The maximum Gasteiger partial charge on any atom is 0.408 e. The minimum absolute atomic E-state index is 0.0647. The van der Waals surface area contributed by atoms with E-state index in [1.54, 1.807) is 65.0 Å². The molecule has 1 aromatic rings. The fourth-order valence-electron chi connectivity index (χ4n) is 3.75. The van der Waals surface area contributed by atoms with Crippen molar-refractivity contribution < 1.29 is 48.5 Å². The molecule has 0 fully saturated rings. The van der Waals surface area contributed by atoms with Gasteiger partial charge in [-0.3, -0.25) is 19.2 Å². The van der Waals surface area contributed by atoms with Crippen LogP contribution in [0.5, 0.6) is 0 Å². The monoisotopic (exact) mass is 623 g/mol. The van der Waals surface area contributed by atoms with E-state index >= 15 is 0 Å². The molecule has 0 aromatic heterocycles. The van der Waals surface area contributed by atoms with E-state index in [0.29, 0.717) is 5.56 Å². The van der Waals surface area contributed by atoms with E-state index in [1.807, 2.05) is 0 Å². The predicted octanol–water partition coefficient (Wildman–Crippen LogP) is -0.628. The highest BCUT2D eigenvalue weighted by molar-refractivity contribution is 5.96. The lowest BCUT2D eigenvalue weighted by atomic mass is 10.0. The Morgan fingerprint density at radius 1 is 0.841 bits per heavy atom. The number of carbonyl (C=O) groups is 6. The molecule has 246 valence electrons. The summed E-state index contributed by atoms with van der Waals surface area (Å²) >= 11 is 0. The molecule has 0 spiro atoms. The molecule has 5 amide bonds. The zero-order chi connectivity index (χ0) is 33.6. The number of aliphatic hydroxyl groups excluding tert-OH is 2. The number of alkyl carbamates (subject to hydrolysis) is 1. The Morgan fingerprint density at radius 2 is 1.39 bits per heavy atom. The van der Waals surface area contributed by atoms with Crippen molar-refractivity contribution in [2.45, 2.75) is 96.9 Å². The first kappa shape index (κ1) is 37.8. The van der Waals surface area contributed by atoms with Crippen LogP contribution < -0.4 is 27.0 Å². The van der Waals surface area contributed by atoms with E-state index in [1.165, 1.54) is 6.92 Å². The molecule has 5 atom stereocenters. The molecule has 0 heterocycles. The first-order valence-electron chi connectivity index (χ1n) is 14.1. The van der Waals surface area contributed by atoms with Crippen molar-refractivity contribution in [1.29, 1.82) is 0 Å². The molecule has 15 heteroatoms. The van der Waals surface area contributed by atoms with Gasteiger partial charge >= 0.3 is 12.1 Å². The van der Waals surface area contributed by atoms with Crippen LogP contribution >= 0.6 is 0 Å². The predicted molar refractivity (Wildman–Crippen MR) is 157 cm³/mol. The fourth-order valence-corrected chi connectivity index (χ4v) is 3.75. The minimum Gasteiger partial charge on any atom is -0.459 e. The van der Waals surface area contributed by atoms with Gasteiger partial charge in [0.1, 0.15) is 30.3 Å². The van der Waals surface area contributed by atoms with Crippen LogP contribution in [0.4, 0.5) is 4.79 Å². The molecule has 44 heavy (non-hydrogen) atoms. The number of primary amides is 1. The standard InChI is InChI=1S/C29H45N5O10/c1-16(2)12-19(31-25(39)20(13-22(30)37)33-28(42)44-29(4,5)6)24(38)32-21(14-35)26(40)34-23(17(3)36)27(41)43-15-18-10-8-7-9-11-18/h7-11,16-17,19-21,23,35-36H,12-15H2,1-6H3,(H2,30,37)(H,31,39)(H,32,38)(H,33,42)(H,34,40)/t17-,19+,20+,21+,23+/m1/s1. The number of esters is 1. The number of nitrogens with one attached hydrogen (secondary N) is 4. The van der Waals surface area contributed by atoms with Crippen LogP contribution in [-0.4, -0.2) is 88.4 Å². The van der Waals surface area contributed by atoms with Gasteiger partial charge in [-0.1, -0.05) is 44.2 Å². The number of benzene rings is 1. The van der Waals surface area contributed by atoms with E-state index in [9.17, 15) is 39.0 Å². The van der Waals surface area contributed by atoms with Gasteiger partial charge in [-0.05, 0) is 45.6 Å². The minimum atomic E-state index is -1.58. The van der Waals surface area contributed by atoms with Gasteiger partial charge in [0.05, 0.1) is 19.1 Å². The second kappa shape index (κ2) is 17.8. The number of hydrogen-bond donors (Lipinski definition) is 7. The number of hydrogen-bond acceptors (Lipinski definition) is 10. The molecule has 1 aromatic carbocycles. The molecular weight excluding hydrogens is 578 g/mol. The van der Waals surface area contributed by atoms with Crippen LogP contribution in [0.15, 0.2) is 30.3 Å². The summed E-state index contributed by atoms with van der Waals surface area (Å²) in [6.07, 6.45) is -2.90. The molecule has 0 unspecified atom stereocenters. The van der Waals surface area contributed by atoms with E-state index in [-0.39, 0.29) is 18.9 Å². The molecule has 0 saturated heterocycles. The quantitative estimate of drug-likeness (QED) is 0.115. The highest BCUT2D eigenvalue weighted by atomic mass is 16.6. The molecule has 0 aliphatic carbocycles. The maximum absolute atomic E-state index is 13.2. The zero-order valence-corrected chi connectivity index (χ0v) is 25.9. The summed E-state index contributed by atoms with van der Waals surface area (Å²) in [5.74, 6) is -4.80. The molecular formula is C29H45N5O10. The Kier molecular flexibility index (Phi) is 15.3. The summed E-state index contributed by atoms with van der Waals surface area (Å²) in [6.45, 7) is 8.57. The smallest absolute Gasteiger partial charge is 0.408 e. The maximum atomic E-state index is 13.2. The van der Waals surface area contributed by atoms with Crippen molar-refractivity contribution in [3.05, 3.63) is 35.9 Å². The molecule has 15 nitrogen and oxygen atoms in total. The topological polar surface area (TPSA) is 235 Å². The average molecular weight is 624 g/mol. The number of nitrogens with two attached hydrogens (primary N) is 1. The number of amides is 5. The summed E-state index contributed by atoms with van der Waals surface area (Å²) in [5.41, 5.74) is 5.02. The molecule has 8 N–H and O–H groups in total. The molecule has 0 radical (unpaired) electrons. The van der Waals surface area contributed by atoms with Crippen LogP contribution in [0.2, 0.25) is 0 Å². The Balaban J connectivity index is 2.99. The SMILES string of the molecule is CC(C)C[C@H](NC(=O)[C@H](CC(N)=O)NC(=O)OC(C)(C)C)C(=O)N[C@@H](CO)C(=O)N[C@H](C(=O)OCc1ccccc1)[C@@H](C)O. The average Bonchev–Trinajstić information content (AvgIpc) is 2.91. The van der Waals surface area contributed by atoms with Crippen molar-refractivity contribution in [2.24, 2.45) is 11.7 Å². The fraction of sp³-hybridized carbons (Fsp3) is 0.586. The highest BCUT2D eigenvalue weighted by Gasteiger charge is 2.34. The first-order valence-corrected chi connectivity index (χ1v) is 14.1.